The van der Waals surface area contributed by atoms with Crippen molar-refractivity contribution in [3.05, 3.63) is 117 Å². The first-order chi connectivity index (χ1) is 29.3. The lowest BCUT2D eigenvalue weighted by atomic mass is 10.0. The summed E-state index contributed by atoms with van der Waals surface area (Å²) >= 11 is 0. The van der Waals surface area contributed by atoms with Gasteiger partial charge in [-0.15, -0.1) is 0 Å². The number of amides is 5. The SMILES string of the molecule is CCc1ccc2c(c1)c(=O)c(C(=O)Nc1ccc(Oc3ncnc4cc(OCC(=O)Nc5ccc6c(c5)C(=O)N(C5CCC(=O)NC5=O)C6)c(OC)cc34)c(F)c1)c(C)n2C. The van der Waals surface area contributed by atoms with Gasteiger partial charge >= 0.3 is 0 Å². The van der Waals surface area contributed by atoms with E-state index in [1.54, 1.807) is 36.7 Å². The molecule has 2 aromatic heterocycles. The zero-order valence-electron chi connectivity index (χ0n) is 33.4. The number of imide groups is 1. The van der Waals surface area contributed by atoms with Crippen LogP contribution in [0.25, 0.3) is 21.8 Å². The van der Waals surface area contributed by atoms with Gasteiger partial charge in [-0.05, 0) is 73.4 Å². The number of piperidine rings is 1. The van der Waals surface area contributed by atoms with Gasteiger partial charge in [0.05, 0.1) is 23.5 Å². The Balaban J connectivity index is 0.934. The van der Waals surface area contributed by atoms with E-state index in [2.05, 4.69) is 25.9 Å². The number of hydrogen-bond acceptors (Lipinski definition) is 11. The molecule has 310 valence electrons. The van der Waals surface area contributed by atoms with Crippen molar-refractivity contribution in [3.63, 3.8) is 0 Å². The van der Waals surface area contributed by atoms with Crippen molar-refractivity contribution in [2.75, 3.05) is 24.4 Å². The van der Waals surface area contributed by atoms with Gasteiger partial charge in [0, 0.05) is 60.2 Å². The molecule has 4 aromatic carbocycles. The predicted molar refractivity (Wildman–Crippen MR) is 220 cm³/mol. The quantitative estimate of drug-likeness (QED) is 0.143. The van der Waals surface area contributed by atoms with Crippen molar-refractivity contribution in [2.24, 2.45) is 7.05 Å². The molecular formula is C44H38FN7O9. The van der Waals surface area contributed by atoms with Crippen LogP contribution in [0, 0.1) is 12.7 Å². The highest BCUT2D eigenvalue weighted by atomic mass is 19.1. The van der Waals surface area contributed by atoms with Gasteiger partial charge in [-0.1, -0.05) is 19.1 Å². The number of methoxy groups -OCH3 is 1. The molecule has 0 bridgehead atoms. The molecule has 17 heteroatoms. The molecule has 2 aliphatic rings. The van der Waals surface area contributed by atoms with Gasteiger partial charge in [-0.3, -0.25) is 34.1 Å². The van der Waals surface area contributed by atoms with Crippen LogP contribution in [-0.4, -0.2) is 68.7 Å². The first-order valence-electron chi connectivity index (χ1n) is 19.3. The second-order valence-corrected chi connectivity index (χ2v) is 14.6. The summed E-state index contributed by atoms with van der Waals surface area (Å²) in [5.74, 6) is -3.19. The molecule has 61 heavy (non-hydrogen) atoms. The molecule has 3 N–H and O–H groups in total. The molecule has 0 saturated carbocycles. The number of aryl methyl sites for hydroxylation is 2. The first kappa shape index (κ1) is 40.1. The van der Waals surface area contributed by atoms with E-state index in [0.29, 0.717) is 44.3 Å². The molecule has 8 rings (SSSR count). The third kappa shape index (κ3) is 7.68. The number of rotatable bonds is 11. The van der Waals surface area contributed by atoms with Gasteiger partial charge in [0.25, 0.3) is 17.7 Å². The number of nitrogens with zero attached hydrogens (tertiary/aromatic N) is 4. The smallest absolute Gasteiger partial charge is 0.262 e. The van der Waals surface area contributed by atoms with Gasteiger partial charge in [0.1, 0.15) is 17.9 Å². The van der Waals surface area contributed by atoms with Gasteiger partial charge in [-0.25, -0.2) is 14.4 Å². The Morgan fingerprint density at radius 1 is 0.918 bits per heavy atom. The maximum atomic E-state index is 15.5. The van der Waals surface area contributed by atoms with Crippen LogP contribution < -0.4 is 35.6 Å². The summed E-state index contributed by atoms with van der Waals surface area (Å²) in [6.45, 7) is 3.41. The molecule has 4 heterocycles. The summed E-state index contributed by atoms with van der Waals surface area (Å²) in [7, 11) is 3.17. The minimum Gasteiger partial charge on any atom is -0.493 e. The van der Waals surface area contributed by atoms with Crippen molar-refractivity contribution in [1.29, 1.82) is 0 Å². The molecule has 16 nitrogen and oxygen atoms in total. The molecule has 5 amide bonds. The van der Waals surface area contributed by atoms with Gasteiger partial charge in [-0.2, -0.15) is 0 Å². The number of aromatic nitrogens is 3. The summed E-state index contributed by atoms with van der Waals surface area (Å²) in [6, 6.07) is 16.5. The summed E-state index contributed by atoms with van der Waals surface area (Å²) < 4.78 is 34.5. The molecule has 1 saturated heterocycles. The van der Waals surface area contributed by atoms with Crippen LogP contribution in [0.15, 0.2) is 77.9 Å². The Hall–Kier alpha value is -7.69. The number of anilines is 2. The van der Waals surface area contributed by atoms with Gasteiger partial charge < -0.3 is 34.3 Å². The molecule has 1 unspecified atom stereocenters. The Morgan fingerprint density at radius 2 is 1.70 bits per heavy atom. The summed E-state index contributed by atoms with van der Waals surface area (Å²) in [4.78, 5) is 87.0. The lowest BCUT2D eigenvalue weighted by Gasteiger charge is -2.29. The zero-order chi connectivity index (χ0) is 43.1. The minimum atomic E-state index is -0.822. The van der Waals surface area contributed by atoms with Crippen LogP contribution in [0.5, 0.6) is 23.1 Å². The fourth-order valence-corrected chi connectivity index (χ4v) is 7.52. The predicted octanol–water partition coefficient (Wildman–Crippen LogP) is 5.32. The number of carbonyl (C=O) groups is 5. The van der Waals surface area contributed by atoms with Crippen LogP contribution >= 0.6 is 0 Å². The van der Waals surface area contributed by atoms with E-state index in [1.165, 1.54) is 48.7 Å². The van der Waals surface area contributed by atoms with Gasteiger partial charge in [0.15, 0.2) is 29.7 Å². The second-order valence-electron chi connectivity index (χ2n) is 14.6. The van der Waals surface area contributed by atoms with E-state index in [-0.39, 0.29) is 65.6 Å². The number of fused-ring (bicyclic) bond motifs is 3. The number of hydrogen-bond donors (Lipinski definition) is 3. The minimum absolute atomic E-state index is 0.0210. The number of pyridine rings is 1. The van der Waals surface area contributed by atoms with Gasteiger partial charge in [0.2, 0.25) is 23.1 Å². The number of ether oxygens (including phenoxy) is 3. The number of nitrogens with one attached hydrogen (secondary N) is 3. The molecule has 0 spiro atoms. The van der Waals surface area contributed by atoms with Crippen molar-refractivity contribution in [1.82, 2.24) is 24.8 Å². The maximum Gasteiger partial charge on any atom is 0.262 e. The monoisotopic (exact) mass is 827 g/mol. The summed E-state index contributed by atoms with van der Waals surface area (Å²) in [6.07, 6.45) is 2.30. The van der Waals surface area contributed by atoms with Crippen molar-refractivity contribution >= 4 is 62.7 Å². The third-order valence-electron chi connectivity index (χ3n) is 10.8. The summed E-state index contributed by atoms with van der Waals surface area (Å²) in [5.41, 5.74) is 3.42. The zero-order valence-corrected chi connectivity index (χ0v) is 33.4. The van der Waals surface area contributed by atoms with E-state index < -0.39 is 41.6 Å². The normalized spacial score (nSPS) is 14.8. The third-order valence-corrected chi connectivity index (χ3v) is 10.8. The molecule has 0 radical (unpaired) electrons. The number of benzene rings is 4. The summed E-state index contributed by atoms with van der Waals surface area (Å²) in [5, 5.41) is 8.36. The molecule has 6 aromatic rings. The fourth-order valence-electron chi connectivity index (χ4n) is 7.52. The van der Waals surface area contributed by atoms with Crippen molar-refractivity contribution < 1.29 is 42.6 Å². The highest BCUT2D eigenvalue weighted by molar-refractivity contribution is 6.07. The van der Waals surface area contributed by atoms with E-state index in [4.69, 9.17) is 14.2 Å². The Kier molecular flexibility index (Phi) is 10.6. The molecule has 2 aliphatic heterocycles. The van der Waals surface area contributed by atoms with E-state index in [0.717, 1.165) is 18.1 Å². The highest BCUT2D eigenvalue weighted by Crippen LogP contribution is 2.37. The highest BCUT2D eigenvalue weighted by Gasteiger charge is 2.39. The molecular weight excluding hydrogens is 790 g/mol. The van der Waals surface area contributed by atoms with E-state index in [1.807, 2.05) is 19.1 Å². The second kappa shape index (κ2) is 16.2. The van der Waals surface area contributed by atoms with E-state index in [9.17, 15) is 28.8 Å². The lowest BCUT2D eigenvalue weighted by molar-refractivity contribution is -0.137. The van der Waals surface area contributed by atoms with Crippen LogP contribution in [0.2, 0.25) is 0 Å². The van der Waals surface area contributed by atoms with Crippen LogP contribution in [0.4, 0.5) is 15.8 Å². The largest absolute Gasteiger partial charge is 0.493 e. The van der Waals surface area contributed by atoms with Crippen LogP contribution in [0.3, 0.4) is 0 Å². The maximum absolute atomic E-state index is 15.5. The van der Waals surface area contributed by atoms with Crippen molar-refractivity contribution in [3.8, 4) is 23.1 Å². The van der Waals surface area contributed by atoms with E-state index >= 15 is 4.39 Å². The lowest BCUT2D eigenvalue weighted by Crippen LogP contribution is -2.52. The topological polar surface area (TPSA) is 200 Å². The standard InChI is InChI=1S/C44H38FN7O9/c1-5-23-6-10-32-29(14-23)40(55)39(22(2)51(32)3)42(57)49-26-9-12-34(30(45)16-26)61-43-28-17-35(59-4)36(18-31(28)46-21-47-43)60-20-38(54)48-25-8-7-24-19-52(44(58)27(24)15-25)33-11-13-37(53)50-41(33)56/h6-10,12,14-18,21,33H,5,11,13,19-20H2,1-4H3,(H,48,54)(H,49,57)(H,50,53,56). The Labute approximate surface area is 346 Å². The Bertz CT molecular complexity index is 2910. The fraction of sp³-hybridized carbons (Fsp3) is 0.227. The molecule has 1 fully saturated rings. The number of carbonyl (C=O) groups excluding carboxylic acids is 5. The first-order valence-corrected chi connectivity index (χ1v) is 19.3. The Morgan fingerprint density at radius 3 is 2.46 bits per heavy atom. The number of halogens is 1. The van der Waals surface area contributed by atoms with Crippen molar-refractivity contribution in [2.45, 2.75) is 45.7 Å². The molecule has 1 atom stereocenters. The van der Waals surface area contributed by atoms with Crippen LogP contribution in [0.1, 0.15) is 57.3 Å². The average molecular weight is 828 g/mol. The molecule has 0 aliphatic carbocycles. The van der Waals surface area contributed by atoms with Crippen LogP contribution in [-0.2, 0) is 34.4 Å². The average Bonchev–Trinajstić information content (AvgIpc) is 3.57.